The molecule has 0 saturated carbocycles. The summed E-state index contributed by atoms with van der Waals surface area (Å²) in [5, 5.41) is 20.4. The SMILES string of the molecule is CCCCOc1c(C#N)c(C#N)c(OCCCC)c2c1C1c3ccccc3C2c2ccccc21. The molecule has 2 bridgehead atoms. The molecular formula is C30H28N2O2. The lowest BCUT2D eigenvalue weighted by atomic mass is 9.60. The molecule has 0 aromatic heterocycles. The molecule has 4 heteroatoms. The van der Waals surface area contributed by atoms with E-state index in [1.165, 1.54) is 22.3 Å². The van der Waals surface area contributed by atoms with Gasteiger partial charge in [-0.3, -0.25) is 0 Å². The molecule has 0 saturated heterocycles. The molecule has 0 heterocycles. The molecule has 6 rings (SSSR count). The minimum atomic E-state index is -0.0580. The Hall–Kier alpha value is -3.76. The Bertz CT molecular complexity index is 1180. The van der Waals surface area contributed by atoms with Crippen molar-refractivity contribution in [2.75, 3.05) is 13.2 Å². The highest BCUT2D eigenvalue weighted by Crippen LogP contribution is 2.61. The van der Waals surface area contributed by atoms with E-state index in [1.807, 2.05) is 0 Å². The zero-order chi connectivity index (χ0) is 23.7. The normalized spacial score (nSPS) is 16.6. The van der Waals surface area contributed by atoms with Gasteiger partial charge in [0, 0.05) is 23.0 Å². The van der Waals surface area contributed by atoms with Gasteiger partial charge in [0.15, 0.2) is 0 Å². The Morgan fingerprint density at radius 2 is 1.00 bits per heavy atom. The minimum Gasteiger partial charge on any atom is -0.492 e. The summed E-state index contributed by atoms with van der Waals surface area (Å²) in [5.74, 6) is 1.00. The molecule has 0 unspecified atom stereocenters. The maximum atomic E-state index is 10.2. The van der Waals surface area contributed by atoms with Crippen LogP contribution in [0.5, 0.6) is 11.5 Å². The molecule has 170 valence electrons. The van der Waals surface area contributed by atoms with E-state index < -0.39 is 0 Å². The lowest BCUT2D eigenvalue weighted by molar-refractivity contribution is 0.292. The predicted octanol–water partition coefficient (Wildman–Crippen LogP) is 6.77. The van der Waals surface area contributed by atoms with Gasteiger partial charge in [-0.15, -0.1) is 0 Å². The Kier molecular flexibility index (Phi) is 5.99. The van der Waals surface area contributed by atoms with Crippen LogP contribution in [-0.4, -0.2) is 13.2 Å². The average Bonchev–Trinajstić information content (AvgIpc) is 2.88. The molecule has 3 aromatic carbocycles. The lowest BCUT2D eigenvalue weighted by Crippen LogP contribution is -2.29. The summed E-state index contributed by atoms with van der Waals surface area (Å²) in [6.07, 6.45) is 3.76. The van der Waals surface area contributed by atoms with E-state index >= 15 is 0 Å². The van der Waals surface area contributed by atoms with Gasteiger partial charge in [-0.25, -0.2) is 0 Å². The van der Waals surface area contributed by atoms with Crippen LogP contribution in [0.15, 0.2) is 48.5 Å². The number of unbranched alkanes of at least 4 members (excludes halogenated alkanes) is 2. The number of hydrogen-bond acceptors (Lipinski definition) is 4. The molecule has 3 aliphatic rings. The maximum absolute atomic E-state index is 10.2. The molecule has 0 fully saturated rings. The summed E-state index contributed by atoms with van der Waals surface area (Å²) in [5.41, 5.74) is 7.57. The number of hydrogen-bond donors (Lipinski definition) is 0. The Morgan fingerprint density at radius 3 is 1.29 bits per heavy atom. The summed E-state index contributed by atoms with van der Waals surface area (Å²) in [4.78, 5) is 0. The smallest absolute Gasteiger partial charge is 0.143 e. The van der Waals surface area contributed by atoms with Crippen LogP contribution in [0.4, 0.5) is 0 Å². The van der Waals surface area contributed by atoms with Gasteiger partial charge in [-0.2, -0.15) is 10.5 Å². The van der Waals surface area contributed by atoms with Crippen molar-refractivity contribution in [3.8, 4) is 23.6 Å². The average molecular weight is 449 g/mol. The first kappa shape index (κ1) is 22.1. The zero-order valence-electron chi connectivity index (χ0n) is 19.7. The second-order valence-corrected chi connectivity index (χ2v) is 8.99. The molecule has 0 aliphatic heterocycles. The van der Waals surface area contributed by atoms with Crippen molar-refractivity contribution in [2.24, 2.45) is 0 Å². The van der Waals surface area contributed by atoms with E-state index in [4.69, 9.17) is 9.47 Å². The molecule has 3 aliphatic carbocycles. The standard InChI is InChI=1S/C30H28N2O2/c1-3-5-15-33-29-23(17-31)24(18-32)30(34-16-6-4-2)28-26-21-13-9-7-11-19(21)25(27(28)29)20-12-8-10-14-22(20)26/h7-14,25-26H,3-6,15-16H2,1-2H3. The fourth-order valence-corrected chi connectivity index (χ4v) is 5.49. The Labute approximate surface area is 201 Å². The van der Waals surface area contributed by atoms with Crippen LogP contribution in [0.3, 0.4) is 0 Å². The van der Waals surface area contributed by atoms with Crippen molar-refractivity contribution in [3.63, 3.8) is 0 Å². The highest BCUT2D eigenvalue weighted by Gasteiger charge is 2.46. The van der Waals surface area contributed by atoms with Crippen molar-refractivity contribution in [1.82, 2.24) is 0 Å². The molecule has 0 atom stereocenters. The third-order valence-electron chi connectivity index (χ3n) is 7.01. The molecular weight excluding hydrogens is 420 g/mol. The first-order valence-corrected chi connectivity index (χ1v) is 12.2. The van der Waals surface area contributed by atoms with Gasteiger partial charge in [0.25, 0.3) is 0 Å². The van der Waals surface area contributed by atoms with Gasteiger partial charge in [-0.05, 0) is 35.1 Å². The van der Waals surface area contributed by atoms with E-state index in [0.717, 1.165) is 36.8 Å². The second-order valence-electron chi connectivity index (χ2n) is 8.99. The van der Waals surface area contributed by atoms with Gasteiger partial charge in [-0.1, -0.05) is 75.2 Å². The van der Waals surface area contributed by atoms with E-state index in [9.17, 15) is 10.5 Å². The number of ether oxygens (including phenoxy) is 2. The topological polar surface area (TPSA) is 66.0 Å². The van der Waals surface area contributed by atoms with E-state index in [2.05, 4.69) is 74.5 Å². The molecule has 0 radical (unpaired) electrons. The molecule has 0 N–H and O–H groups in total. The summed E-state index contributed by atoms with van der Waals surface area (Å²) in [7, 11) is 0. The lowest BCUT2D eigenvalue weighted by Gasteiger charge is -2.43. The summed E-state index contributed by atoms with van der Waals surface area (Å²) >= 11 is 0. The third-order valence-corrected chi connectivity index (χ3v) is 7.01. The number of nitriles is 2. The fraction of sp³-hybridized carbons (Fsp3) is 0.333. The van der Waals surface area contributed by atoms with E-state index in [-0.39, 0.29) is 11.8 Å². The number of rotatable bonds is 8. The van der Waals surface area contributed by atoms with Crippen LogP contribution < -0.4 is 9.47 Å². The minimum absolute atomic E-state index is 0.0580. The molecule has 34 heavy (non-hydrogen) atoms. The van der Waals surface area contributed by atoms with Gasteiger partial charge >= 0.3 is 0 Å². The molecule has 4 nitrogen and oxygen atoms in total. The van der Waals surface area contributed by atoms with Gasteiger partial charge in [0.2, 0.25) is 0 Å². The Balaban J connectivity index is 1.85. The maximum Gasteiger partial charge on any atom is 0.143 e. The summed E-state index contributed by atoms with van der Waals surface area (Å²) in [6.45, 7) is 5.26. The van der Waals surface area contributed by atoms with Gasteiger partial charge < -0.3 is 9.47 Å². The Morgan fingerprint density at radius 1 is 0.647 bits per heavy atom. The van der Waals surface area contributed by atoms with Crippen molar-refractivity contribution in [3.05, 3.63) is 93.0 Å². The third kappa shape index (κ3) is 3.25. The summed E-state index contributed by atoms with van der Waals surface area (Å²) in [6, 6.07) is 21.6. The van der Waals surface area contributed by atoms with Crippen LogP contribution in [0.2, 0.25) is 0 Å². The molecule has 0 spiro atoms. The molecule has 0 amide bonds. The van der Waals surface area contributed by atoms with Crippen LogP contribution in [-0.2, 0) is 0 Å². The largest absolute Gasteiger partial charge is 0.492 e. The second kappa shape index (κ2) is 9.24. The van der Waals surface area contributed by atoms with E-state index in [1.54, 1.807) is 0 Å². The quantitative estimate of drug-likeness (QED) is 0.246. The van der Waals surface area contributed by atoms with Crippen LogP contribution >= 0.6 is 0 Å². The summed E-state index contributed by atoms with van der Waals surface area (Å²) < 4.78 is 12.7. The van der Waals surface area contributed by atoms with Crippen molar-refractivity contribution < 1.29 is 9.47 Å². The van der Waals surface area contributed by atoms with Crippen molar-refractivity contribution in [2.45, 2.75) is 51.4 Å². The van der Waals surface area contributed by atoms with Crippen LogP contribution in [0.25, 0.3) is 0 Å². The first-order chi connectivity index (χ1) is 16.8. The van der Waals surface area contributed by atoms with E-state index in [0.29, 0.717) is 35.8 Å². The van der Waals surface area contributed by atoms with Crippen LogP contribution in [0, 0.1) is 22.7 Å². The monoisotopic (exact) mass is 448 g/mol. The molecule has 3 aromatic rings. The first-order valence-electron chi connectivity index (χ1n) is 12.2. The fourth-order valence-electron chi connectivity index (χ4n) is 5.49. The number of nitrogens with zero attached hydrogens (tertiary/aromatic N) is 2. The zero-order valence-corrected chi connectivity index (χ0v) is 19.7. The van der Waals surface area contributed by atoms with Gasteiger partial charge in [0.05, 0.1) is 13.2 Å². The van der Waals surface area contributed by atoms with Crippen LogP contribution in [0.1, 0.15) is 95.9 Å². The predicted molar refractivity (Wildman–Crippen MR) is 131 cm³/mol. The highest BCUT2D eigenvalue weighted by molar-refractivity contribution is 5.78. The van der Waals surface area contributed by atoms with Crippen molar-refractivity contribution in [1.29, 1.82) is 10.5 Å². The highest BCUT2D eigenvalue weighted by atomic mass is 16.5. The van der Waals surface area contributed by atoms with Gasteiger partial charge in [0.1, 0.15) is 34.8 Å². The number of benzene rings is 3. The van der Waals surface area contributed by atoms with Crippen molar-refractivity contribution >= 4 is 0 Å².